The van der Waals surface area contributed by atoms with Crippen LogP contribution in [0.25, 0.3) is 16.7 Å². The average Bonchev–Trinajstić information content (AvgIpc) is 3.18. The molecule has 2 aromatic rings. The van der Waals surface area contributed by atoms with Gasteiger partial charge in [0.25, 0.3) is 0 Å². The number of carbonyl (C=O) groups excluding carboxylic acids is 1. The van der Waals surface area contributed by atoms with Gasteiger partial charge in [0.05, 0.1) is 5.57 Å². The Morgan fingerprint density at radius 1 is 1.00 bits per heavy atom. The van der Waals surface area contributed by atoms with E-state index >= 15 is 0 Å². The van der Waals surface area contributed by atoms with Gasteiger partial charge in [-0.1, -0.05) is 31.2 Å². The van der Waals surface area contributed by atoms with E-state index in [4.69, 9.17) is 4.74 Å². The molecule has 0 radical (unpaired) electrons. The maximum atomic E-state index is 13.7. The van der Waals surface area contributed by atoms with E-state index in [1.165, 1.54) is 6.07 Å². The van der Waals surface area contributed by atoms with Gasteiger partial charge in [-0.05, 0) is 80.3 Å². The minimum absolute atomic E-state index is 0.0553. The molecule has 2 aliphatic rings. The molecule has 4 rings (SSSR count). The molecular weight excluding hydrogens is 386 g/mol. The molecule has 1 heterocycles. The van der Waals surface area contributed by atoms with Crippen LogP contribution < -0.4 is 0 Å². The maximum Gasteiger partial charge on any atom is 0.198 e. The van der Waals surface area contributed by atoms with Crippen molar-refractivity contribution in [2.24, 2.45) is 0 Å². The molecule has 0 amide bonds. The minimum atomic E-state index is -0.961. The van der Waals surface area contributed by atoms with Crippen LogP contribution in [0.5, 0.6) is 0 Å². The van der Waals surface area contributed by atoms with Gasteiger partial charge >= 0.3 is 0 Å². The highest BCUT2D eigenvalue weighted by Crippen LogP contribution is 2.48. The Balaban J connectivity index is 1.84. The van der Waals surface area contributed by atoms with E-state index in [2.05, 4.69) is 0 Å². The van der Waals surface area contributed by atoms with Crippen molar-refractivity contribution in [3.05, 3.63) is 64.9 Å². The van der Waals surface area contributed by atoms with Crippen molar-refractivity contribution in [1.29, 1.82) is 0 Å². The maximum absolute atomic E-state index is 13.7. The van der Waals surface area contributed by atoms with Crippen LogP contribution in [-0.4, -0.2) is 22.1 Å². The number of Topliss-reactive ketones (excluding diaryl/α,β-unsaturated/α-hetero) is 1. The van der Waals surface area contributed by atoms with Gasteiger partial charge in [0.15, 0.2) is 17.4 Å². The molecule has 1 N–H and O–H groups in total. The summed E-state index contributed by atoms with van der Waals surface area (Å²) in [6.45, 7) is 5.54. The predicted octanol–water partition coefficient (Wildman–Crippen LogP) is 6.15. The van der Waals surface area contributed by atoms with E-state index in [1.54, 1.807) is 26.0 Å². The molecule has 3 nitrogen and oxygen atoms in total. The number of aryl methyl sites for hydroxylation is 1. The molecule has 0 unspecified atom stereocenters. The molecule has 0 saturated heterocycles. The van der Waals surface area contributed by atoms with Gasteiger partial charge in [0.2, 0.25) is 0 Å². The Kier molecular flexibility index (Phi) is 5.05. The molecule has 1 fully saturated rings. The lowest BCUT2D eigenvalue weighted by molar-refractivity contribution is -0.165. The van der Waals surface area contributed by atoms with Gasteiger partial charge in [-0.2, -0.15) is 0 Å². The molecule has 0 aromatic heterocycles. The third-order valence-corrected chi connectivity index (χ3v) is 6.32. The molecule has 1 aliphatic heterocycles. The standard InChI is InChI=1S/C25H26F2O3/c1-4-15-13-16(17-8-10-19(26)20(27)14-17)7-9-18(15)21-22(28)24(2,3)30-25(23(21)29)11-5-6-12-25/h7-10,13-14,28H,4-6,11-12H2,1-3H3. The van der Waals surface area contributed by atoms with Crippen molar-refractivity contribution >= 4 is 11.4 Å². The number of ketones is 1. The number of rotatable bonds is 3. The highest BCUT2D eigenvalue weighted by Gasteiger charge is 2.53. The van der Waals surface area contributed by atoms with Gasteiger partial charge in [-0.15, -0.1) is 0 Å². The predicted molar refractivity (Wildman–Crippen MR) is 112 cm³/mol. The quantitative estimate of drug-likeness (QED) is 0.657. The molecule has 0 bridgehead atoms. The third-order valence-electron chi connectivity index (χ3n) is 6.32. The summed E-state index contributed by atoms with van der Waals surface area (Å²) in [6.07, 6.45) is 3.77. The summed E-state index contributed by atoms with van der Waals surface area (Å²) < 4.78 is 33.2. The minimum Gasteiger partial charge on any atom is -0.508 e. The van der Waals surface area contributed by atoms with E-state index in [9.17, 15) is 18.7 Å². The summed E-state index contributed by atoms with van der Waals surface area (Å²) in [6, 6.07) is 9.24. The van der Waals surface area contributed by atoms with Crippen molar-refractivity contribution in [3.63, 3.8) is 0 Å². The molecule has 1 saturated carbocycles. The van der Waals surface area contributed by atoms with Gasteiger partial charge in [-0.3, -0.25) is 4.79 Å². The van der Waals surface area contributed by atoms with Gasteiger partial charge in [0, 0.05) is 0 Å². The lowest BCUT2D eigenvalue weighted by Crippen LogP contribution is -2.51. The number of aliphatic hydroxyl groups is 1. The van der Waals surface area contributed by atoms with Crippen LogP contribution in [0.4, 0.5) is 8.78 Å². The zero-order valence-electron chi connectivity index (χ0n) is 17.5. The van der Waals surface area contributed by atoms with E-state index in [-0.39, 0.29) is 11.5 Å². The molecule has 2 aromatic carbocycles. The summed E-state index contributed by atoms with van der Waals surface area (Å²) in [5, 5.41) is 11.0. The Bertz CT molecular complexity index is 1050. The Morgan fingerprint density at radius 2 is 1.63 bits per heavy atom. The summed E-state index contributed by atoms with van der Waals surface area (Å²) in [5.74, 6) is -2.01. The van der Waals surface area contributed by atoms with Gasteiger partial charge in [0.1, 0.15) is 17.0 Å². The molecule has 1 aliphatic carbocycles. The fourth-order valence-electron chi connectivity index (χ4n) is 4.73. The van der Waals surface area contributed by atoms with E-state index in [1.807, 2.05) is 13.0 Å². The third kappa shape index (κ3) is 3.25. The summed E-state index contributed by atoms with van der Waals surface area (Å²) in [7, 11) is 0. The lowest BCUT2D eigenvalue weighted by atomic mass is 9.78. The first kappa shape index (κ1) is 20.7. The van der Waals surface area contributed by atoms with Gasteiger partial charge < -0.3 is 9.84 Å². The summed E-state index contributed by atoms with van der Waals surface area (Å²) in [4.78, 5) is 13.5. The van der Waals surface area contributed by atoms with Crippen LogP contribution in [-0.2, 0) is 16.0 Å². The van der Waals surface area contributed by atoms with E-state index in [0.29, 0.717) is 36.0 Å². The number of carbonyl (C=O) groups is 1. The first-order valence-electron chi connectivity index (χ1n) is 10.5. The van der Waals surface area contributed by atoms with Crippen LogP contribution in [0.3, 0.4) is 0 Å². The van der Waals surface area contributed by atoms with Gasteiger partial charge in [-0.25, -0.2) is 8.78 Å². The van der Waals surface area contributed by atoms with Crippen LogP contribution >= 0.6 is 0 Å². The molecule has 158 valence electrons. The van der Waals surface area contributed by atoms with Crippen LogP contribution in [0.1, 0.15) is 57.6 Å². The number of aliphatic hydroxyl groups excluding tert-OH is 1. The molecule has 0 atom stereocenters. The molecule has 30 heavy (non-hydrogen) atoms. The second-order valence-corrected chi connectivity index (χ2v) is 8.72. The highest BCUT2D eigenvalue weighted by atomic mass is 19.2. The monoisotopic (exact) mass is 412 g/mol. The van der Waals surface area contributed by atoms with Crippen LogP contribution in [0, 0.1) is 11.6 Å². The smallest absolute Gasteiger partial charge is 0.198 e. The van der Waals surface area contributed by atoms with Crippen molar-refractivity contribution in [2.75, 3.05) is 0 Å². The molecular formula is C25H26F2O3. The van der Waals surface area contributed by atoms with E-state index in [0.717, 1.165) is 36.1 Å². The van der Waals surface area contributed by atoms with Crippen molar-refractivity contribution in [2.45, 2.75) is 64.1 Å². The topological polar surface area (TPSA) is 46.5 Å². The zero-order valence-corrected chi connectivity index (χ0v) is 17.5. The largest absolute Gasteiger partial charge is 0.508 e. The lowest BCUT2D eigenvalue weighted by Gasteiger charge is -2.42. The first-order chi connectivity index (χ1) is 14.2. The Hall–Kier alpha value is -2.53. The Labute approximate surface area is 175 Å². The molecule has 5 heteroatoms. The van der Waals surface area contributed by atoms with E-state index < -0.39 is 22.8 Å². The average molecular weight is 412 g/mol. The number of hydrogen-bond acceptors (Lipinski definition) is 3. The normalized spacial score (nSPS) is 20.2. The highest BCUT2D eigenvalue weighted by molar-refractivity contribution is 6.26. The van der Waals surface area contributed by atoms with Crippen LogP contribution in [0.2, 0.25) is 0 Å². The second kappa shape index (κ2) is 7.31. The Morgan fingerprint density at radius 3 is 2.27 bits per heavy atom. The SMILES string of the molecule is CCc1cc(-c2ccc(F)c(F)c2)ccc1C1=C(O)C(C)(C)OC2(CCCC2)C1=O. The zero-order chi connectivity index (χ0) is 21.7. The first-order valence-corrected chi connectivity index (χ1v) is 10.5. The number of benzene rings is 2. The number of hydrogen-bond donors (Lipinski definition) is 1. The second-order valence-electron chi connectivity index (χ2n) is 8.72. The van der Waals surface area contributed by atoms with Crippen LogP contribution in [0.15, 0.2) is 42.2 Å². The van der Waals surface area contributed by atoms with Crippen molar-refractivity contribution in [3.8, 4) is 11.1 Å². The fraction of sp³-hybridized carbons (Fsp3) is 0.400. The summed E-state index contributed by atoms with van der Waals surface area (Å²) in [5.41, 5.74) is 1.30. The molecule has 1 spiro atoms. The fourth-order valence-corrected chi connectivity index (χ4v) is 4.73. The number of halogens is 2. The summed E-state index contributed by atoms with van der Waals surface area (Å²) >= 11 is 0. The number of ether oxygens (including phenoxy) is 1. The van der Waals surface area contributed by atoms with Crippen molar-refractivity contribution in [1.82, 2.24) is 0 Å². The van der Waals surface area contributed by atoms with Crippen molar-refractivity contribution < 1.29 is 23.4 Å².